The standard InChI is InChI=1S/C29H34N2P.C5H6N.CH3.Pd/c1-23(2)27-16-11-17-28(24(3)4)29(27)31-19-18-30(22-31)20-21-32(25-12-7-5-8-13-25)26-14-9-6-10-15-26;1-2-4-6-5-3-1;;/h5-19,22-24H,20-21H2,1-4H3;1-4H,5H2;1H3;/q3*-1;/p+1. The minimum absolute atomic E-state index is 0. The van der Waals surface area contributed by atoms with Crippen LogP contribution in [-0.4, -0.2) is 24.2 Å². The predicted molar refractivity (Wildman–Crippen MR) is 175 cm³/mol. The first-order chi connectivity index (χ1) is 18.5. The molecule has 2 heterocycles. The van der Waals surface area contributed by atoms with E-state index in [0.717, 1.165) is 19.3 Å². The van der Waals surface area contributed by atoms with E-state index in [4.69, 9.17) is 0 Å². The Balaban J connectivity index is 0.000000622. The van der Waals surface area contributed by atoms with Crippen molar-refractivity contribution >= 4 is 24.2 Å². The minimum Gasteiger partial charge on any atom is -0.687 e. The molecule has 0 unspecified atom stereocenters. The van der Waals surface area contributed by atoms with Crippen LogP contribution < -0.4 is 15.5 Å². The van der Waals surface area contributed by atoms with Gasteiger partial charge in [0.25, 0.3) is 0 Å². The Morgan fingerprint density at radius 2 is 1.35 bits per heavy atom. The van der Waals surface area contributed by atoms with Crippen LogP contribution in [0.4, 0.5) is 5.69 Å². The van der Waals surface area contributed by atoms with Crippen LogP contribution >= 0.6 is 7.92 Å². The fourth-order valence-corrected chi connectivity index (χ4v) is 7.40. The van der Waals surface area contributed by atoms with Gasteiger partial charge in [-0.2, -0.15) is 12.9 Å². The van der Waals surface area contributed by atoms with E-state index in [1.807, 2.05) is 18.2 Å². The van der Waals surface area contributed by atoms with Gasteiger partial charge in [0.15, 0.2) is 0 Å². The van der Waals surface area contributed by atoms with Gasteiger partial charge in [0.05, 0.1) is 24.7 Å². The van der Waals surface area contributed by atoms with Crippen molar-refractivity contribution in [3.63, 3.8) is 0 Å². The van der Waals surface area contributed by atoms with Crippen LogP contribution in [0.25, 0.3) is 5.32 Å². The molecule has 0 aromatic heterocycles. The van der Waals surface area contributed by atoms with E-state index in [2.05, 4.69) is 141 Å². The number of rotatable bonds is 8. The summed E-state index contributed by atoms with van der Waals surface area (Å²) in [6.07, 6.45) is 13.4. The van der Waals surface area contributed by atoms with E-state index in [0.29, 0.717) is 11.8 Å². The molecular formula is C35H44N3PPd-2. The number of nitrogens with zero attached hydrogens (tertiary/aromatic N) is 3. The van der Waals surface area contributed by atoms with Gasteiger partial charge in [-0.15, -0.1) is 12.6 Å². The van der Waals surface area contributed by atoms with Gasteiger partial charge in [-0.1, -0.05) is 94.4 Å². The van der Waals surface area contributed by atoms with Gasteiger partial charge in [-0.05, 0) is 59.6 Å². The summed E-state index contributed by atoms with van der Waals surface area (Å²) in [7, 11) is -0.825. The van der Waals surface area contributed by atoms with Crippen LogP contribution in [0.15, 0.2) is 116 Å². The third-order valence-electron chi connectivity index (χ3n) is 6.81. The van der Waals surface area contributed by atoms with Crippen LogP contribution in [0, 0.1) is 14.1 Å². The Morgan fingerprint density at radius 3 is 1.77 bits per heavy atom. The predicted octanol–water partition coefficient (Wildman–Crippen LogP) is 8.40. The number of anilines is 1. The molecule has 3 aromatic carbocycles. The molecule has 0 aliphatic carbocycles. The molecule has 0 fully saturated rings. The van der Waals surface area contributed by atoms with Crippen molar-refractivity contribution in [3.05, 3.63) is 146 Å². The fraction of sp³-hybridized carbons (Fsp3) is 0.257. The SMILES string of the molecule is C1=CC[N-]C=C1.CC(C)c1cccc(C(C)C)c1N1C=CN(CC[PH+](c2ccccc2)c2ccccc2)[CH-]1.[CH3-].[Pd]. The molecule has 0 saturated carbocycles. The zero-order valence-corrected chi connectivity index (χ0v) is 27.0. The van der Waals surface area contributed by atoms with Gasteiger partial charge in [-0.3, -0.25) is 0 Å². The molecule has 5 rings (SSSR count). The molecule has 5 heteroatoms. The van der Waals surface area contributed by atoms with Crippen LogP contribution in [0.5, 0.6) is 0 Å². The van der Waals surface area contributed by atoms with Crippen molar-refractivity contribution in [2.75, 3.05) is 24.2 Å². The van der Waals surface area contributed by atoms with E-state index >= 15 is 0 Å². The third-order valence-corrected chi connectivity index (χ3v) is 9.59. The quantitative estimate of drug-likeness (QED) is 0.140. The van der Waals surface area contributed by atoms with Crippen LogP contribution in [-0.2, 0) is 20.4 Å². The number of hydrogen-bond acceptors (Lipinski definition) is 2. The van der Waals surface area contributed by atoms with Crippen LogP contribution in [0.3, 0.4) is 0 Å². The second-order valence-electron chi connectivity index (χ2n) is 10.2. The van der Waals surface area contributed by atoms with Crippen molar-refractivity contribution in [1.82, 2.24) is 4.90 Å². The first-order valence-electron chi connectivity index (χ1n) is 13.7. The van der Waals surface area contributed by atoms with Crippen molar-refractivity contribution in [1.29, 1.82) is 0 Å². The van der Waals surface area contributed by atoms with E-state index < -0.39 is 7.92 Å². The number of para-hydroxylation sites is 1. The largest absolute Gasteiger partial charge is 0.687 e. The van der Waals surface area contributed by atoms with E-state index in [9.17, 15) is 0 Å². The van der Waals surface area contributed by atoms with E-state index in [1.54, 1.807) is 6.20 Å². The van der Waals surface area contributed by atoms with Gasteiger partial charge >= 0.3 is 0 Å². The summed E-state index contributed by atoms with van der Waals surface area (Å²) in [5, 5.41) is 6.87. The number of allylic oxidation sites excluding steroid dienone is 2. The summed E-state index contributed by atoms with van der Waals surface area (Å²) < 4.78 is 0. The van der Waals surface area contributed by atoms with Crippen molar-refractivity contribution in [2.45, 2.75) is 39.5 Å². The van der Waals surface area contributed by atoms with Gasteiger partial charge in [0.1, 0.15) is 0 Å². The monoisotopic (exact) mass is 643 g/mol. The van der Waals surface area contributed by atoms with Gasteiger partial charge < -0.3 is 22.5 Å². The Bertz CT molecular complexity index is 1140. The topological polar surface area (TPSA) is 20.6 Å². The molecule has 3 nitrogen and oxygen atoms in total. The molecule has 3 aromatic rings. The molecule has 40 heavy (non-hydrogen) atoms. The smallest absolute Gasteiger partial charge is 0.0967 e. The van der Waals surface area contributed by atoms with Crippen molar-refractivity contribution in [2.24, 2.45) is 0 Å². The molecule has 0 radical (unpaired) electrons. The maximum Gasteiger partial charge on any atom is 0.0967 e. The molecular weight excluding hydrogens is 600 g/mol. The van der Waals surface area contributed by atoms with Gasteiger partial charge in [-0.25, -0.2) is 0 Å². The maximum absolute atomic E-state index is 3.91. The Morgan fingerprint density at radius 1 is 0.775 bits per heavy atom. The van der Waals surface area contributed by atoms with Crippen molar-refractivity contribution < 1.29 is 20.4 Å². The normalized spacial score (nSPS) is 13.6. The zero-order chi connectivity index (χ0) is 26.7. The molecule has 2 aliphatic heterocycles. The summed E-state index contributed by atoms with van der Waals surface area (Å²) in [6.45, 7) is 13.3. The fourth-order valence-electron chi connectivity index (χ4n) is 4.82. The summed E-state index contributed by atoms with van der Waals surface area (Å²) in [6, 6.07) is 28.9. The second kappa shape index (κ2) is 17.2. The average molecular weight is 644 g/mol. The van der Waals surface area contributed by atoms with Crippen molar-refractivity contribution in [3.8, 4) is 0 Å². The summed E-state index contributed by atoms with van der Waals surface area (Å²) in [5.41, 5.74) is 4.18. The first-order valence-corrected chi connectivity index (χ1v) is 15.4. The Labute approximate surface area is 258 Å². The number of benzene rings is 3. The average Bonchev–Trinajstić information content (AvgIpc) is 3.44. The molecule has 2 aliphatic rings. The minimum atomic E-state index is -0.825. The Kier molecular flexibility index (Phi) is 14.5. The molecule has 0 amide bonds. The van der Waals surface area contributed by atoms with E-state index in [1.165, 1.54) is 27.4 Å². The molecule has 0 atom stereocenters. The summed E-state index contributed by atoms with van der Waals surface area (Å²) in [5.74, 6) is 0.982. The first kappa shape index (κ1) is 33.6. The summed E-state index contributed by atoms with van der Waals surface area (Å²) >= 11 is 0. The molecule has 0 spiro atoms. The van der Waals surface area contributed by atoms with E-state index in [-0.39, 0.29) is 27.8 Å². The maximum atomic E-state index is 3.91. The van der Waals surface area contributed by atoms with Gasteiger partial charge in [0.2, 0.25) is 0 Å². The summed E-state index contributed by atoms with van der Waals surface area (Å²) in [4.78, 5) is 4.69. The van der Waals surface area contributed by atoms with Gasteiger partial charge in [0, 0.05) is 32.7 Å². The molecule has 0 saturated heterocycles. The molecule has 216 valence electrons. The number of hydrogen-bond donors (Lipinski definition) is 0. The van der Waals surface area contributed by atoms with Crippen LogP contribution in [0.1, 0.15) is 50.7 Å². The second-order valence-corrected chi connectivity index (χ2v) is 12.9. The van der Waals surface area contributed by atoms with Crippen LogP contribution in [0.2, 0.25) is 0 Å². The zero-order valence-electron chi connectivity index (χ0n) is 24.5. The molecule has 0 bridgehead atoms. The Hall–Kier alpha value is -2.63. The third kappa shape index (κ3) is 9.21. The molecule has 0 N–H and O–H groups in total.